The maximum Gasteiger partial charge on any atom is 0.0929 e. The first-order valence-electron chi connectivity index (χ1n) is 4.73. The zero-order valence-electron chi connectivity index (χ0n) is 8.36. The third-order valence-electron chi connectivity index (χ3n) is 3.12. The van der Waals surface area contributed by atoms with Crippen molar-refractivity contribution in [2.75, 3.05) is 0 Å². The molecule has 1 aliphatic rings. The van der Waals surface area contributed by atoms with Crippen LogP contribution in [0.25, 0.3) is 0 Å². The minimum atomic E-state index is -0.687. The molecular formula is C10H16N2O. The molecule has 0 amide bonds. The summed E-state index contributed by atoms with van der Waals surface area (Å²) in [5, 5.41) is 14.3. The lowest BCUT2D eigenvalue weighted by molar-refractivity contribution is 0.0282. The van der Waals surface area contributed by atoms with E-state index in [0.29, 0.717) is 11.8 Å². The molecule has 1 aliphatic carbocycles. The second kappa shape index (κ2) is 2.58. The first-order valence-corrected chi connectivity index (χ1v) is 4.73. The van der Waals surface area contributed by atoms with E-state index < -0.39 is 5.60 Å². The van der Waals surface area contributed by atoms with Gasteiger partial charge in [-0.3, -0.25) is 4.68 Å². The first-order chi connectivity index (χ1) is 6.01. The van der Waals surface area contributed by atoms with Gasteiger partial charge in [0.25, 0.3) is 0 Å². The number of aliphatic hydroxyl groups is 1. The van der Waals surface area contributed by atoms with Crippen molar-refractivity contribution in [3.8, 4) is 0 Å². The molecule has 0 spiro atoms. The third kappa shape index (κ3) is 1.37. The predicted octanol–water partition coefficient (Wildman–Crippen LogP) is 1.28. The number of aryl methyl sites for hydroxylation is 1. The predicted molar refractivity (Wildman–Crippen MR) is 50.0 cm³/mol. The molecule has 0 aliphatic heterocycles. The van der Waals surface area contributed by atoms with Crippen LogP contribution in [-0.4, -0.2) is 14.9 Å². The van der Waals surface area contributed by atoms with Gasteiger partial charge in [-0.15, -0.1) is 0 Å². The topological polar surface area (TPSA) is 38.1 Å². The zero-order valence-corrected chi connectivity index (χ0v) is 8.36. The van der Waals surface area contributed by atoms with Gasteiger partial charge in [-0.25, -0.2) is 0 Å². The van der Waals surface area contributed by atoms with E-state index >= 15 is 0 Å². The van der Waals surface area contributed by atoms with Gasteiger partial charge in [-0.05, 0) is 25.2 Å². The lowest BCUT2D eigenvalue weighted by atomic mass is 9.92. The molecule has 13 heavy (non-hydrogen) atoms. The Hall–Kier alpha value is -0.830. The van der Waals surface area contributed by atoms with Crippen LogP contribution in [0.4, 0.5) is 0 Å². The second-order valence-corrected chi connectivity index (χ2v) is 4.37. The zero-order chi connectivity index (χ0) is 9.64. The minimum Gasteiger partial charge on any atom is -0.385 e. The summed E-state index contributed by atoms with van der Waals surface area (Å²) in [4.78, 5) is 0. The van der Waals surface area contributed by atoms with Gasteiger partial charge in [0.15, 0.2) is 0 Å². The van der Waals surface area contributed by atoms with Crippen LogP contribution < -0.4 is 0 Å². The molecule has 0 radical (unpaired) electrons. The van der Waals surface area contributed by atoms with Crippen molar-refractivity contribution in [1.82, 2.24) is 9.78 Å². The minimum absolute atomic E-state index is 0.414. The van der Waals surface area contributed by atoms with Gasteiger partial charge in [-0.1, -0.05) is 6.92 Å². The molecule has 0 saturated heterocycles. The highest BCUT2D eigenvalue weighted by Crippen LogP contribution is 2.50. The van der Waals surface area contributed by atoms with Crippen molar-refractivity contribution >= 4 is 0 Å². The van der Waals surface area contributed by atoms with Crippen molar-refractivity contribution < 1.29 is 5.11 Å². The van der Waals surface area contributed by atoms with Crippen LogP contribution in [0, 0.1) is 11.8 Å². The molecule has 2 rings (SSSR count). The summed E-state index contributed by atoms with van der Waals surface area (Å²) < 4.78 is 1.73. The molecule has 72 valence electrons. The molecule has 1 fully saturated rings. The maximum absolute atomic E-state index is 10.3. The van der Waals surface area contributed by atoms with Gasteiger partial charge in [0.2, 0.25) is 0 Å². The lowest BCUT2D eigenvalue weighted by Crippen LogP contribution is -2.24. The third-order valence-corrected chi connectivity index (χ3v) is 3.12. The smallest absolute Gasteiger partial charge is 0.0929 e. The Morgan fingerprint density at radius 1 is 1.69 bits per heavy atom. The van der Waals surface area contributed by atoms with Crippen molar-refractivity contribution in [2.45, 2.75) is 25.9 Å². The van der Waals surface area contributed by atoms with E-state index in [1.165, 1.54) is 0 Å². The number of nitrogens with zero attached hydrogens (tertiary/aromatic N) is 2. The van der Waals surface area contributed by atoms with E-state index in [1.54, 1.807) is 10.9 Å². The highest BCUT2D eigenvalue weighted by atomic mass is 16.3. The van der Waals surface area contributed by atoms with Crippen LogP contribution in [0.5, 0.6) is 0 Å². The Bertz CT molecular complexity index is 316. The van der Waals surface area contributed by atoms with Crippen molar-refractivity contribution in [2.24, 2.45) is 18.9 Å². The standard InChI is InChI=1S/C10H16N2O/c1-7-4-9(7)10(2,13)8-5-11-12(3)6-8/h5-7,9,13H,4H2,1-3H3. The molecule has 1 aromatic heterocycles. The normalized spacial score (nSPS) is 31.4. The fourth-order valence-electron chi connectivity index (χ4n) is 2.00. The molecule has 1 saturated carbocycles. The molecule has 3 nitrogen and oxygen atoms in total. The van der Waals surface area contributed by atoms with Crippen LogP contribution in [0.1, 0.15) is 25.8 Å². The van der Waals surface area contributed by atoms with Gasteiger partial charge in [-0.2, -0.15) is 5.10 Å². The van der Waals surface area contributed by atoms with E-state index in [0.717, 1.165) is 12.0 Å². The highest BCUT2D eigenvalue weighted by molar-refractivity contribution is 5.18. The Labute approximate surface area is 78.4 Å². The van der Waals surface area contributed by atoms with Crippen LogP contribution in [0.3, 0.4) is 0 Å². The van der Waals surface area contributed by atoms with Crippen molar-refractivity contribution in [3.63, 3.8) is 0 Å². The molecule has 0 aromatic carbocycles. The summed E-state index contributed by atoms with van der Waals surface area (Å²) in [6.45, 7) is 4.06. The van der Waals surface area contributed by atoms with Gasteiger partial charge in [0, 0.05) is 18.8 Å². The van der Waals surface area contributed by atoms with E-state index in [1.807, 2.05) is 20.2 Å². The highest BCUT2D eigenvalue weighted by Gasteiger charge is 2.47. The Morgan fingerprint density at radius 3 is 2.69 bits per heavy atom. The van der Waals surface area contributed by atoms with Crippen molar-refractivity contribution in [1.29, 1.82) is 0 Å². The molecule has 3 atom stereocenters. The largest absolute Gasteiger partial charge is 0.385 e. The molecular weight excluding hydrogens is 164 g/mol. The summed E-state index contributed by atoms with van der Waals surface area (Å²) in [5.41, 5.74) is 0.248. The fraction of sp³-hybridized carbons (Fsp3) is 0.700. The van der Waals surface area contributed by atoms with E-state index in [9.17, 15) is 5.11 Å². The van der Waals surface area contributed by atoms with E-state index in [2.05, 4.69) is 12.0 Å². The van der Waals surface area contributed by atoms with Gasteiger partial charge in [0.05, 0.1) is 11.8 Å². The quantitative estimate of drug-likeness (QED) is 0.744. The Kier molecular flexibility index (Phi) is 1.74. The Balaban J connectivity index is 2.24. The molecule has 1 N–H and O–H groups in total. The monoisotopic (exact) mass is 180 g/mol. The molecule has 3 unspecified atom stereocenters. The van der Waals surface area contributed by atoms with Crippen LogP contribution in [-0.2, 0) is 12.6 Å². The first kappa shape index (κ1) is 8.75. The van der Waals surface area contributed by atoms with Crippen LogP contribution in [0.15, 0.2) is 12.4 Å². The van der Waals surface area contributed by atoms with E-state index in [4.69, 9.17) is 0 Å². The summed E-state index contributed by atoms with van der Waals surface area (Å²) >= 11 is 0. The molecule has 1 aromatic rings. The van der Waals surface area contributed by atoms with Crippen LogP contribution in [0.2, 0.25) is 0 Å². The summed E-state index contributed by atoms with van der Waals surface area (Å²) in [7, 11) is 1.87. The number of rotatable bonds is 2. The van der Waals surface area contributed by atoms with E-state index in [-0.39, 0.29) is 0 Å². The SMILES string of the molecule is CC1CC1C(C)(O)c1cnn(C)c1. The molecule has 1 heterocycles. The summed E-state index contributed by atoms with van der Waals surface area (Å²) in [6.07, 6.45) is 4.78. The maximum atomic E-state index is 10.3. The second-order valence-electron chi connectivity index (χ2n) is 4.37. The summed E-state index contributed by atoms with van der Waals surface area (Å²) in [6, 6.07) is 0. The fourth-order valence-corrected chi connectivity index (χ4v) is 2.00. The average molecular weight is 180 g/mol. The van der Waals surface area contributed by atoms with Gasteiger partial charge in [0.1, 0.15) is 0 Å². The Morgan fingerprint density at radius 2 is 2.31 bits per heavy atom. The van der Waals surface area contributed by atoms with Crippen molar-refractivity contribution in [3.05, 3.63) is 18.0 Å². The van der Waals surface area contributed by atoms with Gasteiger partial charge < -0.3 is 5.11 Å². The number of hydrogen-bond donors (Lipinski definition) is 1. The molecule has 0 bridgehead atoms. The summed E-state index contributed by atoms with van der Waals surface area (Å²) in [5.74, 6) is 1.06. The molecule has 3 heteroatoms. The lowest BCUT2D eigenvalue weighted by Gasteiger charge is -2.21. The van der Waals surface area contributed by atoms with Crippen LogP contribution >= 0.6 is 0 Å². The van der Waals surface area contributed by atoms with Gasteiger partial charge >= 0.3 is 0 Å². The average Bonchev–Trinajstić information content (AvgIpc) is 2.60. The number of hydrogen-bond acceptors (Lipinski definition) is 2. The number of aromatic nitrogens is 2.